The van der Waals surface area contributed by atoms with Crippen LogP contribution in [0, 0.1) is 13.8 Å². The maximum absolute atomic E-state index is 12.0. The van der Waals surface area contributed by atoms with Crippen molar-refractivity contribution < 1.29 is 9.53 Å². The minimum atomic E-state index is -0.223. The molecule has 1 amide bonds. The number of rotatable bonds is 5. The summed E-state index contributed by atoms with van der Waals surface area (Å²) in [5.74, 6) is 0.580. The third-order valence-corrected chi connectivity index (χ3v) is 4.15. The van der Waals surface area contributed by atoms with Crippen molar-refractivity contribution in [2.75, 3.05) is 13.2 Å². The van der Waals surface area contributed by atoms with Crippen LogP contribution in [0.1, 0.15) is 37.1 Å². The molecular weight excluding hydrogens is 292 g/mol. The summed E-state index contributed by atoms with van der Waals surface area (Å²) in [5.41, 5.74) is 7.30. The molecule has 1 aromatic rings. The number of nitrogens with zero attached hydrogens (tertiary/aromatic N) is 2. The normalized spacial score (nSPS) is 16.4. The molecular formula is C14H25ClN4O2. The van der Waals surface area contributed by atoms with Crippen molar-refractivity contribution in [1.29, 1.82) is 0 Å². The smallest absolute Gasteiger partial charge is 0.258 e. The topological polar surface area (TPSA) is 82.2 Å². The Balaban J connectivity index is 0.00000220. The summed E-state index contributed by atoms with van der Waals surface area (Å²) < 4.78 is 7.36. The third-order valence-electron chi connectivity index (χ3n) is 4.15. The van der Waals surface area contributed by atoms with Gasteiger partial charge in [-0.2, -0.15) is 5.10 Å². The van der Waals surface area contributed by atoms with Crippen molar-refractivity contribution in [3.05, 3.63) is 11.4 Å². The van der Waals surface area contributed by atoms with Crippen LogP contribution < -0.4 is 15.8 Å². The van der Waals surface area contributed by atoms with Crippen LogP contribution in [0.3, 0.4) is 0 Å². The van der Waals surface area contributed by atoms with Gasteiger partial charge in [-0.1, -0.05) is 12.8 Å². The van der Waals surface area contributed by atoms with E-state index in [1.807, 2.05) is 20.9 Å². The molecule has 0 radical (unpaired) electrons. The summed E-state index contributed by atoms with van der Waals surface area (Å²) in [5, 5.41) is 7.30. The van der Waals surface area contributed by atoms with Gasteiger partial charge in [-0.15, -0.1) is 12.4 Å². The van der Waals surface area contributed by atoms with Crippen LogP contribution in [0.25, 0.3) is 0 Å². The molecule has 1 saturated carbocycles. The van der Waals surface area contributed by atoms with E-state index < -0.39 is 0 Å². The van der Waals surface area contributed by atoms with E-state index in [1.165, 1.54) is 0 Å². The van der Waals surface area contributed by atoms with E-state index in [1.54, 1.807) is 4.68 Å². The highest BCUT2D eigenvalue weighted by Crippen LogP contribution is 2.28. The van der Waals surface area contributed by atoms with Crippen LogP contribution >= 0.6 is 12.4 Å². The van der Waals surface area contributed by atoms with Crippen molar-refractivity contribution in [3.8, 4) is 5.75 Å². The molecule has 0 spiro atoms. The zero-order valence-corrected chi connectivity index (χ0v) is 13.8. The molecule has 0 atom stereocenters. The van der Waals surface area contributed by atoms with Gasteiger partial charge in [-0.25, -0.2) is 0 Å². The number of nitrogens with one attached hydrogen (secondary N) is 1. The molecule has 0 unspecified atom stereocenters. The third kappa shape index (κ3) is 3.89. The fourth-order valence-corrected chi connectivity index (χ4v) is 2.86. The molecule has 2 rings (SSSR count). The van der Waals surface area contributed by atoms with Crippen LogP contribution in [0.5, 0.6) is 5.75 Å². The molecule has 6 nitrogen and oxygen atoms in total. The summed E-state index contributed by atoms with van der Waals surface area (Å²) in [7, 11) is 1.86. The van der Waals surface area contributed by atoms with E-state index in [0.29, 0.717) is 12.3 Å². The van der Waals surface area contributed by atoms with E-state index in [2.05, 4.69) is 10.4 Å². The molecule has 0 bridgehead atoms. The quantitative estimate of drug-likeness (QED) is 0.856. The Labute approximate surface area is 131 Å². The maximum atomic E-state index is 12.0. The van der Waals surface area contributed by atoms with Crippen LogP contribution in [0.2, 0.25) is 0 Å². The fourth-order valence-electron chi connectivity index (χ4n) is 2.86. The van der Waals surface area contributed by atoms with Gasteiger partial charge >= 0.3 is 0 Å². The first-order valence-corrected chi connectivity index (χ1v) is 7.11. The Morgan fingerprint density at radius 1 is 1.43 bits per heavy atom. The summed E-state index contributed by atoms with van der Waals surface area (Å²) >= 11 is 0. The molecule has 0 aliphatic heterocycles. The number of aromatic nitrogens is 2. The summed E-state index contributed by atoms with van der Waals surface area (Å²) in [6.07, 6.45) is 4.17. The van der Waals surface area contributed by atoms with Gasteiger partial charge in [0.1, 0.15) is 5.69 Å². The molecule has 0 aromatic carbocycles. The zero-order chi connectivity index (χ0) is 14.8. The number of aryl methyl sites for hydroxylation is 2. The van der Waals surface area contributed by atoms with Gasteiger partial charge in [-0.3, -0.25) is 9.48 Å². The number of amides is 1. The summed E-state index contributed by atoms with van der Waals surface area (Å²) in [6, 6.07) is 0. The van der Waals surface area contributed by atoms with Crippen molar-refractivity contribution in [1.82, 2.24) is 15.1 Å². The number of hydrogen-bond acceptors (Lipinski definition) is 4. The zero-order valence-electron chi connectivity index (χ0n) is 12.9. The fraction of sp³-hybridized carbons (Fsp3) is 0.714. The molecule has 3 N–H and O–H groups in total. The molecule has 120 valence electrons. The Morgan fingerprint density at radius 3 is 2.52 bits per heavy atom. The van der Waals surface area contributed by atoms with Crippen LogP contribution in [-0.4, -0.2) is 34.4 Å². The van der Waals surface area contributed by atoms with E-state index in [0.717, 1.165) is 37.1 Å². The van der Waals surface area contributed by atoms with E-state index >= 15 is 0 Å². The van der Waals surface area contributed by atoms with Crippen LogP contribution in [-0.2, 0) is 11.8 Å². The van der Waals surface area contributed by atoms with Gasteiger partial charge in [0.2, 0.25) is 0 Å². The van der Waals surface area contributed by atoms with E-state index in [4.69, 9.17) is 10.5 Å². The lowest BCUT2D eigenvalue weighted by Crippen LogP contribution is -2.52. The van der Waals surface area contributed by atoms with Crippen LogP contribution in [0.4, 0.5) is 0 Å². The lowest BCUT2D eigenvalue weighted by Gasteiger charge is -2.28. The Morgan fingerprint density at radius 2 is 2.05 bits per heavy atom. The minimum Gasteiger partial charge on any atom is -0.480 e. The van der Waals surface area contributed by atoms with Gasteiger partial charge in [0.25, 0.3) is 5.91 Å². The largest absolute Gasteiger partial charge is 0.480 e. The van der Waals surface area contributed by atoms with Crippen molar-refractivity contribution in [2.24, 2.45) is 12.8 Å². The molecule has 1 aliphatic rings. The minimum absolute atomic E-state index is 0. The maximum Gasteiger partial charge on any atom is 0.258 e. The highest BCUT2D eigenvalue weighted by atomic mass is 35.5. The molecule has 1 fully saturated rings. The first-order chi connectivity index (χ1) is 9.47. The van der Waals surface area contributed by atoms with Gasteiger partial charge in [0.15, 0.2) is 12.4 Å². The highest BCUT2D eigenvalue weighted by Gasteiger charge is 2.33. The number of ether oxygens (including phenoxy) is 1. The Bertz CT molecular complexity index is 495. The lowest BCUT2D eigenvalue weighted by molar-refractivity contribution is -0.124. The Kier molecular flexibility index (Phi) is 6.04. The van der Waals surface area contributed by atoms with Crippen molar-refractivity contribution in [3.63, 3.8) is 0 Å². The number of nitrogens with two attached hydrogens (primary N) is 1. The highest BCUT2D eigenvalue weighted by molar-refractivity contribution is 5.85. The first kappa shape index (κ1) is 17.8. The van der Waals surface area contributed by atoms with E-state index in [9.17, 15) is 4.79 Å². The van der Waals surface area contributed by atoms with Gasteiger partial charge < -0.3 is 15.8 Å². The lowest BCUT2D eigenvalue weighted by atomic mass is 9.98. The second kappa shape index (κ2) is 7.13. The number of carbonyl (C=O) groups excluding carboxylic acids is 1. The SMILES string of the molecule is Cc1nn(C)c(C)c1OCC(=O)NC1(CN)CCCC1.Cl. The van der Waals surface area contributed by atoms with Crippen LogP contribution in [0.15, 0.2) is 0 Å². The van der Waals surface area contributed by atoms with Gasteiger partial charge in [0, 0.05) is 13.6 Å². The monoisotopic (exact) mass is 316 g/mol. The predicted octanol–water partition coefficient (Wildman–Crippen LogP) is 1.23. The second-order valence-corrected chi connectivity index (χ2v) is 5.65. The summed E-state index contributed by atoms with van der Waals surface area (Å²) in [4.78, 5) is 12.0. The molecule has 21 heavy (non-hydrogen) atoms. The molecule has 0 saturated heterocycles. The molecule has 1 aliphatic carbocycles. The predicted molar refractivity (Wildman–Crippen MR) is 83.8 cm³/mol. The molecule has 1 aromatic heterocycles. The number of carbonyl (C=O) groups is 1. The van der Waals surface area contributed by atoms with Gasteiger partial charge in [0.05, 0.1) is 11.2 Å². The second-order valence-electron chi connectivity index (χ2n) is 5.65. The number of halogens is 1. The molecule has 1 heterocycles. The Hall–Kier alpha value is -1.27. The average Bonchev–Trinajstić information content (AvgIpc) is 2.95. The number of hydrogen-bond donors (Lipinski definition) is 2. The first-order valence-electron chi connectivity index (χ1n) is 7.11. The molecule has 7 heteroatoms. The van der Waals surface area contributed by atoms with Gasteiger partial charge in [-0.05, 0) is 26.7 Å². The summed E-state index contributed by atoms with van der Waals surface area (Å²) in [6.45, 7) is 4.29. The standard InChI is InChI=1S/C14H24N4O2.ClH/c1-10-13(11(2)18(3)17-10)20-8-12(19)16-14(9-15)6-4-5-7-14;/h4-9,15H2,1-3H3,(H,16,19);1H. The van der Waals surface area contributed by atoms with E-state index in [-0.39, 0.29) is 30.5 Å². The van der Waals surface area contributed by atoms with Crippen molar-refractivity contribution >= 4 is 18.3 Å². The average molecular weight is 317 g/mol. The van der Waals surface area contributed by atoms with Crippen molar-refractivity contribution in [2.45, 2.75) is 45.1 Å².